The number of aryl methyl sites for hydroxylation is 3. The van der Waals surface area contributed by atoms with Gasteiger partial charge in [0.15, 0.2) is 5.82 Å². The minimum atomic E-state index is -0.0508. The summed E-state index contributed by atoms with van der Waals surface area (Å²) in [6.45, 7) is 4.05. The van der Waals surface area contributed by atoms with E-state index < -0.39 is 0 Å². The lowest BCUT2D eigenvalue weighted by molar-refractivity contribution is -0.119. The lowest BCUT2D eigenvalue weighted by atomic mass is 9.89. The van der Waals surface area contributed by atoms with Crippen LogP contribution in [0.15, 0.2) is 47.6 Å². The van der Waals surface area contributed by atoms with Crippen molar-refractivity contribution in [2.24, 2.45) is 0 Å². The highest BCUT2D eigenvalue weighted by Crippen LogP contribution is 2.25. The molecule has 6 nitrogen and oxygen atoms in total. The Hall–Kier alpha value is -2.80. The molecule has 30 heavy (non-hydrogen) atoms. The smallest absolute Gasteiger partial charge is 0.230 e. The van der Waals surface area contributed by atoms with Gasteiger partial charge in [-0.25, -0.2) is 4.68 Å². The van der Waals surface area contributed by atoms with Gasteiger partial charge in [0, 0.05) is 5.56 Å². The molecular formula is C23H27N5OS. The van der Waals surface area contributed by atoms with E-state index in [1.807, 2.05) is 38.1 Å². The second-order valence-electron chi connectivity index (χ2n) is 7.86. The zero-order chi connectivity index (χ0) is 21.1. The average Bonchev–Trinajstić information content (AvgIpc) is 3.12. The van der Waals surface area contributed by atoms with Crippen molar-refractivity contribution in [3.8, 4) is 11.4 Å². The third kappa shape index (κ3) is 4.51. The van der Waals surface area contributed by atoms with E-state index in [9.17, 15) is 4.79 Å². The summed E-state index contributed by atoms with van der Waals surface area (Å²) in [5, 5.41) is 11.9. The monoisotopic (exact) mass is 421 g/mol. The summed E-state index contributed by atoms with van der Waals surface area (Å²) in [7, 11) is 0. The van der Waals surface area contributed by atoms with Crippen LogP contribution in [-0.4, -0.2) is 26.5 Å². The lowest BCUT2D eigenvalue weighted by Crippen LogP contribution is -2.28. The van der Waals surface area contributed by atoms with Crippen LogP contribution in [0.25, 0.3) is 11.4 Å². The average molecular weight is 422 g/mol. The molecule has 0 spiro atoms. The topological polar surface area (TPSA) is 85.8 Å². The van der Waals surface area contributed by atoms with Gasteiger partial charge >= 0.3 is 0 Å². The maximum Gasteiger partial charge on any atom is 0.230 e. The number of hydrogen-bond acceptors (Lipinski definition) is 5. The summed E-state index contributed by atoms with van der Waals surface area (Å²) in [4.78, 5) is 12.5. The van der Waals surface area contributed by atoms with Crippen LogP contribution >= 0.6 is 11.8 Å². The molecule has 2 aromatic carbocycles. The first kappa shape index (κ1) is 20.5. The molecule has 4 rings (SSSR count). The Balaban J connectivity index is 1.35. The molecule has 1 amide bonds. The molecule has 1 aromatic heterocycles. The van der Waals surface area contributed by atoms with Gasteiger partial charge in [-0.15, -0.1) is 10.2 Å². The van der Waals surface area contributed by atoms with Gasteiger partial charge in [-0.2, -0.15) is 0 Å². The molecule has 3 N–H and O–H groups in total. The molecule has 0 saturated heterocycles. The Morgan fingerprint density at radius 3 is 2.63 bits per heavy atom. The second kappa shape index (κ2) is 8.92. The quantitative estimate of drug-likeness (QED) is 0.467. The SMILES string of the molecule is Cc1ccc(-c2nnc(SCC(=O)N[C@@H](C)c3ccc4c(c3)CCCC4)n2N)cc1. The lowest BCUT2D eigenvalue weighted by Gasteiger charge is -2.20. The second-order valence-corrected chi connectivity index (χ2v) is 8.80. The van der Waals surface area contributed by atoms with E-state index in [1.54, 1.807) is 0 Å². The van der Waals surface area contributed by atoms with E-state index in [0.717, 1.165) is 24.0 Å². The van der Waals surface area contributed by atoms with E-state index in [-0.39, 0.29) is 17.7 Å². The number of nitrogens with one attached hydrogen (secondary N) is 1. The first-order valence-electron chi connectivity index (χ1n) is 10.3. The van der Waals surface area contributed by atoms with Gasteiger partial charge < -0.3 is 11.2 Å². The fourth-order valence-corrected chi connectivity index (χ4v) is 4.46. The maximum atomic E-state index is 12.5. The van der Waals surface area contributed by atoms with Crippen LogP contribution in [0.2, 0.25) is 0 Å². The molecule has 0 bridgehead atoms. The minimum Gasteiger partial charge on any atom is -0.349 e. The van der Waals surface area contributed by atoms with Gasteiger partial charge in [-0.3, -0.25) is 4.79 Å². The Kier molecular flexibility index (Phi) is 6.08. The summed E-state index contributed by atoms with van der Waals surface area (Å²) < 4.78 is 1.44. The Morgan fingerprint density at radius 1 is 1.13 bits per heavy atom. The third-order valence-electron chi connectivity index (χ3n) is 5.56. The van der Waals surface area contributed by atoms with Crippen molar-refractivity contribution in [2.75, 3.05) is 11.6 Å². The largest absolute Gasteiger partial charge is 0.349 e. The first-order valence-corrected chi connectivity index (χ1v) is 11.3. The molecule has 1 atom stereocenters. The molecule has 0 saturated carbocycles. The van der Waals surface area contributed by atoms with Crippen molar-refractivity contribution in [1.29, 1.82) is 0 Å². The number of carbonyl (C=O) groups is 1. The number of benzene rings is 2. The molecular weight excluding hydrogens is 394 g/mol. The Morgan fingerprint density at radius 2 is 1.87 bits per heavy atom. The van der Waals surface area contributed by atoms with Crippen molar-refractivity contribution in [2.45, 2.75) is 50.7 Å². The van der Waals surface area contributed by atoms with Gasteiger partial charge in [0.1, 0.15) is 0 Å². The summed E-state index contributed by atoms with van der Waals surface area (Å²) >= 11 is 1.29. The fourth-order valence-electron chi connectivity index (χ4n) is 3.79. The summed E-state index contributed by atoms with van der Waals surface area (Å²) in [6.07, 6.45) is 4.82. The van der Waals surface area contributed by atoms with Crippen LogP contribution in [-0.2, 0) is 17.6 Å². The predicted octanol–water partition coefficient (Wildman–Crippen LogP) is 3.82. The van der Waals surface area contributed by atoms with Crippen molar-refractivity contribution in [1.82, 2.24) is 20.2 Å². The molecule has 3 aromatic rings. The standard InChI is InChI=1S/C23H27N5OS/c1-15-7-9-18(10-8-15)22-26-27-23(28(22)24)30-14-21(29)25-16(2)19-12-11-17-5-3-4-6-20(17)13-19/h7-13,16H,3-6,14,24H2,1-2H3,(H,25,29)/t16-/m0/s1. The van der Waals surface area contributed by atoms with Gasteiger partial charge in [-0.1, -0.05) is 59.8 Å². The molecule has 1 heterocycles. The zero-order valence-electron chi connectivity index (χ0n) is 17.4. The molecule has 156 valence electrons. The van der Waals surface area contributed by atoms with E-state index >= 15 is 0 Å². The molecule has 7 heteroatoms. The highest BCUT2D eigenvalue weighted by molar-refractivity contribution is 7.99. The zero-order valence-corrected chi connectivity index (χ0v) is 18.2. The summed E-state index contributed by atoms with van der Waals surface area (Å²) in [5.74, 6) is 6.92. The van der Waals surface area contributed by atoms with Crippen LogP contribution in [0.5, 0.6) is 0 Å². The van der Waals surface area contributed by atoms with Crippen molar-refractivity contribution >= 4 is 17.7 Å². The number of thioether (sulfide) groups is 1. The minimum absolute atomic E-state index is 0.0378. The van der Waals surface area contributed by atoms with Crippen LogP contribution in [0.3, 0.4) is 0 Å². The predicted molar refractivity (Wildman–Crippen MR) is 121 cm³/mol. The molecule has 0 unspecified atom stereocenters. The van der Waals surface area contributed by atoms with Crippen molar-refractivity contribution in [3.63, 3.8) is 0 Å². The van der Waals surface area contributed by atoms with E-state index in [1.165, 1.54) is 46.0 Å². The van der Waals surface area contributed by atoms with Gasteiger partial charge in [0.25, 0.3) is 0 Å². The first-order chi connectivity index (χ1) is 14.5. The number of nitrogens with two attached hydrogens (primary N) is 1. The van der Waals surface area contributed by atoms with Crippen molar-refractivity contribution < 1.29 is 4.79 Å². The Labute approximate surface area is 181 Å². The number of nitrogen functional groups attached to an aromatic ring is 1. The van der Waals surface area contributed by atoms with Crippen LogP contribution in [0.4, 0.5) is 0 Å². The number of aromatic nitrogens is 3. The number of fused-ring (bicyclic) bond motifs is 1. The number of hydrogen-bond donors (Lipinski definition) is 2. The van der Waals surface area contributed by atoms with Gasteiger partial charge in [-0.05, 0) is 56.2 Å². The van der Waals surface area contributed by atoms with E-state index in [0.29, 0.717) is 11.0 Å². The van der Waals surface area contributed by atoms with Gasteiger partial charge in [0.05, 0.1) is 11.8 Å². The van der Waals surface area contributed by atoms with Crippen LogP contribution in [0, 0.1) is 6.92 Å². The number of carbonyl (C=O) groups excluding carboxylic acids is 1. The van der Waals surface area contributed by atoms with Crippen LogP contribution < -0.4 is 11.2 Å². The van der Waals surface area contributed by atoms with Crippen molar-refractivity contribution in [3.05, 3.63) is 64.7 Å². The molecule has 1 aliphatic rings. The summed E-state index contributed by atoms with van der Waals surface area (Å²) in [6, 6.07) is 14.5. The molecule has 0 fully saturated rings. The number of nitrogens with zero attached hydrogens (tertiary/aromatic N) is 3. The number of rotatable bonds is 6. The molecule has 0 radical (unpaired) electrons. The van der Waals surface area contributed by atoms with Crippen LogP contribution in [0.1, 0.15) is 48.1 Å². The highest BCUT2D eigenvalue weighted by atomic mass is 32.2. The molecule has 0 aliphatic heterocycles. The fraction of sp³-hybridized carbons (Fsp3) is 0.348. The molecule has 1 aliphatic carbocycles. The number of amides is 1. The Bertz CT molecular complexity index is 1040. The maximum absolute atomic E-state index is 12.5. The van der Waals surface area contributed by atoms with Gasteiger partial charge in [0.2, 0.25) is 11.1 Å². The van der Waals surface area contributed by atoms with E-state index in [2.05, 4.69) is 33.7 Å². The highest BCUT2D eigenvalue weighted by Gasteiger charge is 2.16. The summed E-state index contributed by atoms with van der Waals surface area (Å²) in [5.41, 5.74) is 6.09. The third-order valence-corrected chi connectivity index (χ3v) is 6.50. The normalized spacial score (nSPS) is 14.2. The van der Waals surface area contributed by atoms with E-state index in [4.69, 9.17) is 5.84 Å².